The fourth-order valence-corrected chi connectivity index (χ4v) is 3.78. The minimum absolute atomic E-state index is 0.151. The van der Waals surface area contributed by atoms with E-state index in [1.165, 1.54) is 5.01 Å². The summed E-state index contributed by atoms with van der Waals surface area (Å²) in [7, 11) is 3.27. The van der Waals surface area contributed by atoms with Crippen LogP contribution < -0.4 is 37.0 Å². The summed E-state index contributed by atoms with van der Waals surface area (Å²) in [5, 5.41) is 4.14. The van der Waals surface area contributed by atoms with Gasteiger partial charge in [-0.2, -0.15) is 9.97 Å². The van der Waals surface area contributed by atoms with E-state index in [2.05, 4.69) is 25.2 Å². The second kappa shape index (κ2) is 13.5. The lowest BCUT2D eigenvalue weighted by atomic mass is 9.98. The molecule has 2 aromatic rings. The first-order chi connectivity index (χ1) is 17.8. The summed E-state index contributed by atoms with van der Waals surface area (Å²) in [6, 6.07) is 3.61. The molecule has 0 bridgehead atoms. The zero-order valence-electron chi connectivity index (χ0n) is 21.6. The van der Waals surface area contributed by atoms with Gasteiger partial charge in [0, 0.05) is 57.8 Å². The van der Waals surface area contributed by atoms with Gasteiger partial charge in [0.25, 0.3) is 5.91 Å². The van der Waals surface area contributed by atoms with Gasteiger partial charge in [-0.3, -0.25) is 4.79 Å². The highest BCUT2D eigenvalue weighted by molar-refractivity contribution is 5.93. The maximum absolute atomic E-state index is 12.4. The molecule has 0 radical (unpaired) electrons. The van der Waals surface area contributed by atoms with Crippen LogP contribution in [-0.2, 0) is 4.74 Å². The third-order valence-electron chi connectivity index (χ3n) is 5.75. The summed E-state index contributed by atoms with van der Waals surface area (Å²) >= 11 is 0. The molecule has 1 aliphatic heterocycles. The molecular formula is C24H37N9O4. The molecule has 7 N–H and O–H groups in total. The van der Waals surface area contributed by atoms with Crippen molar-refractivity contribution in [3.63, 3.8) is 0 Å². The number of hydrazine groups is 1. The number of hydrogen-bond acceptors (Lipinski definition) is 12. The molecule has 0 aromatic carbocycles. The standard InChI is InChI=1S/C24H37N9O4/c1-4-28-23(34)19-12-21(31-24(30-19)36-10-9-35-3)33-7-5-16(6-8-33)15-37-20-11-17(13-29-22(20)26)18(25)14-32(2)27/h11-14,16H,4-10,15,25,27H2,1-3H3,(H2,26,29)(H,28,34)/b18-14-. The van der Waals surface area contributed by atoms with Crippen molar-refractivity contribution < 1.29 is 19.0 Å². The van der Waals surface area contributed by atoms with Crippen LogP contribution in [0.5, 0.6) is 11.8 Å². The number of hydrogen-bond donors (Lipinski definition) is 4. The molecule has 1 amide bonds. The molecule has 1 saturated heterocycles. The number of aromatic nitrogens is 3. The number of piperidine rings is 1. The highest BCUT2D eigenvalue weighted by atomic mass is 16.5. The first-order valence-corrected chi connectivity index (χ1v) is 12.2. The largest absolute Gasteiger partial charge is 0.489 e. The van der Waals surface area contributed by atoms with E-state index in [9.17, 15) is 4.79 Å². The summed E-state index contributed by atoms with van der Waals surface area (Å²) in [5.41, 5.74) is 13.5. The van der Waals surface area contributed by atoms with Crippen molar-refractivity contribution in [3.8, 4) is 11.8 Å². The summed E-state index contributed by atoms with van der Waals surface area (Å²) in [5.74, 6) is 7.11. The number of carbonyl (C=O) groups is 1. The van der Waals surface area contributed by atoms with Crippen LogP contribution in [0.4, 0.5) is 11.6 Å². The second-order valence-corrected chi connectivity index (χ2v) is 8.69. The molecular weight excluding hydrogens is 478 g/mol. The molecule has 0 atom stereocenters. The van der Waals surface area contributed by atoms with Gasteiger partial charge in [0.15, 0.2) is 11.6 Å². The smallest absolute Gasteiger partial charge is 0.319 e. The van der Waals surface area contributed by atoms with E-state index in [-0.39, 0.29) is 24.2 Å². The average molecular weight is 516 g/mol. The fraction of sp³-hybridized carbons (Fsp3) is 0.500. The Morgan fingerprint density at radius 2 is 2.00 bits per heavy atom. The van der Waals surface area contributed by atoms with Crippen molar-refractivity contribution in [1.82, 2.24) is 25.3 Å². The average Bonchev–Trinajstić information content (AvgIpc) is 2.88. The topological polar surface area (TPSA) is 180 Å². The van der Waals surface area contributed by atoms with Gasteiger partial charge in [0.1, 0.15) is 18.1 Å². The molecule has 13 nitrogen and oxygen atoms in total. The SMILES string of the molecule is CCNC(=O)c1cc(N2CCC(COc3cc(/C(N)=C/N(C)N)cnc3N)CC2)nc(OCCOC)n1. The van der Waals surface area contributed by atoms with Crippen LogP contribution in [0, 0.1) is 5.92 Å². The van der Waals surface area contributed by atoms with E-state index in [1.54, 1.807) is 38.7 Å². The Bertz CT molecular complexity index is 1070. The molecule has 1 aliphatic rings. The van der Waals surface area contributed by atoms with Gasteiger partial charge < -0.3 is 40.9 Å². The minimum Gasteiger partial charge on any atom is -0.489 e. The molecule has 0 unspecified atom stereocenters. The van der Waals surface area contributed by atoms with E-state index in [1.807, 2.05) is 6.92 Å². The highest BCUT2D eigenvalue weighted by Crippen LogP contribution is 2.27. The van der Waals surface area contributed by atoms with Crippen molar-refractivity contribution >= 4 is 23.2 Å². The Kier molecular flexibility index (Phi) is 10.1. The van der Waals surface area contributed by atoms with Gasteiger partial charge in [0.05, 0.1) is 18.9 Å². The van der Waals surface area contributed by atoms with E-state index in [0.717, 1.165) is 25.9 Å². The molecule has 202 valence electrons. The number of amides is 1. The Morgan fingerprint density at radius 3 is 2.68 bits per heavy atom. The van der Waals surface area contributed by atoms with Crippen LogP contribution in [0.25, 0.3) is 5.70 Å². The third kappa shape index (κ3) is 8.08. The number of pyridine rings is 1. The van der Waals surface area contributed by atoms with Crippen LogP contribution >= 0.6 is 0 Å². The van der Waals surface area contributed by atoms with Crippen molar-refractivity contribution in [2.24, 2.45) is 17.5 Å². The van der Waals surface area contributed by atoms with Gasteiger partial charge in [-0.15, -0.1) is 0 Å². The van der Waals surface area contributed by atoms with Crippen molar-refractivity contribution in [1.29, 1.82) is 0 Å². The Balaban J connectivity index is 1.63. The van der Waals surface area contributed by atoms with Crippen LogP contribution in [0.15, 0.2) is 24.5 Å². The Labute approximate surface area is 216 Å². The Morgan fingerprint density at radius 1 is 1.24 bits per heavy atom. The van der Waals surface area contributed by atoms with Gasteiger partial charge in [-0.05, 0) is 31.7 Å². The maximum atomic E-state index is 12.4. The number of carbonyl (C=O) groups excluding carboxylic acids is 1. The quantitative estimate of drug-likeness (QED) is 0.176. The Hall–Kier alpha value is -3.84. The highest BCUT2D eigenvalue weighted by Gasteiger charge is 2.23. The summed E-state index contributed by atoms with van der Waals surface area (Å²) in [6.45, 7) is 5.01. The van der Waals surface area contributed by atoms with Crippen molar-refractivity contribution in [3.05, 3.63) is 35.8 Å². The number of nitrogen functional groups attached to an aromatic ring is 1. The van der Waals surface area contributed by atoms with Gasteiger partial charge in [0.2, 0.25) is 0 Å². The number of ether oxygens (including phenoxy) is 3. The van der Waals surface area contributed by atoms with Crippen LogP contribution in [0.2, 0.25) is 0 Å². The summed E-state index contributed by atoms with van der Waals surface area (Å²) < 4.78 is 16.6. The van der Waals surface area contributed by atoms with Gasteiger partial charge in [-0.25, -0.2) is 10.8 Å². The molecule has 2 aromatic heterocycles. The number of methoxy groups -OCH3 is 1. The molecule has 13 heteroatoms. The number of anilines is 2. The lowest BCUT2D eigenvalue weighted by molar-refractivity contribution is 0.0948. The lowest BCUT2D eigenvalue weighted by Gasteiger charge is -2.33. The number of nitrogens with one attached hydrogen (secondary N) is 1. The number of rotatable bonds is 12. The molecule has 0 aliphatic carbocycles. The fourth-order valence-electron chi connectivity index (χ4n) is 3.78. The van der Waals surface area contributed by atoms with E-state index >= 15 is 0 Å². The number of nitrogens with zero attached hydrogens (tertiary/aromatic N) is 5. The molecule has 37 heavy (non-hydrogen) atoms. The van der Waals surface area contributed by atoms with Gasteiger partial charge >= 0.3 is 6.01 Å². The molecule has 3 heterocycles. The molecule has 0 spiro atoms. The van der Waals surface area contributed by atoms with Crippen LogP contribution in [0.3, 0.4) is 0 Å². The summed E-state index contributed by atoms with van der Waals surface area (Å²) in [4.78, 5) is 27.5. The normalized spacial score (nSPS) is 14.4. The van der Waals surface area contributed by atoms with E-state index in [0.29, 0.717) is 54.3 Å². The predicted octanol–water partition coefficient (Wildman–Crippen LogP) is 0.587. The van der Waals surface area contributed by atoms with E-state index < -0.39 is 0 Å². The van der Waals surface area contributed by atoms with Crippen molar-refractivity contribution in [2.45, 2.75) is 19.8 Å². The molecule has 1 fully saturated rings. The lowest BCUT2D eigenvalue weighted by Crippen LogP contribution is -2.36. The number of nitrogens with two attached hydrogens (primary N) is 3. The first kappa shape index (κ1) is 27.7. The zero-order chi connectivity index (χ0) is 26.8. The molecule has 0 saturated carbocycles. The van der Waals surface area contributed by atoms with E-state index in [4.69, 9.17) is 31.5 Å². The third-order valence-corrected chi connectivity index (χ3v) is 5.75. The summed E-state index contributed by atoms with van der Waals surface area (Å²) in [6.07, 6.45) is 4.91. The zero-order valence-corrected chi connectivity index (χ0v) is 21.6. The monoisotopic (exact) mass is 515 g/mol. The first-order valence-electron chi connectivity index (χ1n) is 12.2. The van der Waals surface area contributed by atoms with Crippen molar-refractivity contribution in [2.75, 3.05) is 64.2 Å². The van der Waals surface area contributed by atoms with Crippen LogP contribution in [-0.4, -0.2) is 79.5 Å². The molecule has 3 rings (SSSR count). The van der Waals surface area contributed by atoms with Crippen LogP contribution in [0.1, 0.15) is 35.8 Å². The predicted molar refractivity (Wildman–Crippen MR) is 141 cm³/mol. The maximum Gasteiger partial charge on any atom is 0.319 e. The second-order valence-electron chi connectivity index (χ2n) is 8.69. The van der Waals surface area contributed by atoms with Gasteiger partial charge in [-0.1, -0.05) is 0 Å². The minimum atomic E-state index is -0.270.